The Balaban J connectivity index is 2.74. The van der Waals surface area contributed by atoms with Crippen molar-refractivity contribution in [3.8, 4) is 0 Å². The molecule has 1 rings (SSSR count). The van der Waals surface area contributed by atoms with E-state index in [-0.39, 0.29) is 5.56 Å². The van der Waals surface area contributed by atoms with Gasteiger partial charge in [-0.05, 0) is 18.2 Å². The second-order valence-electron chi connectivity index (χ2n) is 3.16. The van der Waals surface area contributed by atoms with Gasteiger partial charge >= 0.3 is 6.18 Å². The SMILES string of the molecule is O=C(CCC(F)(F)F)c1ccc(Br)cc1Br. The Hall–Kier alpha value is -0.360. The molecule has 1 nitrogen and oxygen atoms in total. The number of rotatable bonds is 3. The summed E-state index contributed by atoms with van der Waals surface area (Å²) in [6.45, 7) is 0. The topological polar surface area (TPSA) is 17.1 Å². The lowest BCUT2D eigenvalue weighted by Crippen LogP contribution is -2.11. The Morgan fingerprint density at radius 3 is 2.38 bits per heavy atom. The molecule has 0 atom stereocenters. The quantitative estimate of drug-likeness (QED) is 0.712. The molecule has 0 amide bonds. The smallest absolute Gasteiger partial charge is 0.294 e. The number of alkyl halides is 3. The average molecular weight is 360 g/mol. The standard InChI is InChI=1S/C10H7Br2F3O/c11-6-1-2-7(8(12)5-6)9(16)3-4-10(13,14)15/h1-2,5H,3-4H2. The van der Waals surface area contributed by atoms with Crippen molar-refractivity contribution in [1.82, 2.24) is 0 Å². The van der Waals surface area contributed by atoms with E-state index in [9.17, 15) is 18.0 Å². The third-order valence-electron chi connectivity index (χ3n) is 1.87. The van der Waals surface area contributed by atoms with Crippen molar-refractivity contribution in [3.63, 3.8) is 0 Å². The average Bonchev–Trinajstić information content (AvgIpc) is 2.13. The normalized spacial score (nSPS) is 11.6. The Labute approximate surface area is 107 Å². The highest BCUT2D eigenvalue weighted by Gasteiger charge is 2.28. The highest BCUT2D eigenvalue weighted by molar-refractivity contribution is 9.11. The summed E-state index contributed by atoms with van der Waals surface area (Å²) in [5, 5.41) is 0. The van der Waals surface area contributed by atoms with E-state index in [0.29, 0.717) is 4.47 Å². The number of hydrogen-bond donors (Lipinski definition) is 0. The molecule has 1 aromatic carbocycles. The van der Waals surface area contributed by atoms with Crippen molar-refractivity contribution in [2.24, 2.45) is 0 Å². The lowest BCUT2D eigenvalue weighted by Gasteiger charge is -2.06. The molecule has 0 aliphatic heterocycles. The van der Waals surface area contributed by atoms with Gasteiger partial charge in [0.25, 0.3) is 0 Å². The van der Waals surface area contributed by atoms with Gasteiger partial charge in [-0.3, -0.25) is 4.79 Å². The first-order chi connectivity index (χ1) is 7.29. The number of Topliss-reactive ketones (excluding diaryl/α,β-unsaturated/α-hetero) is 1. The van der Waals surface area contributed by atoms with Crippen molar-refractivity contribution >= 4 is 37.6 Å². The molecule has 0 N–H and O–H groups in total. The fourth-order valence-electron chi connectivity index (χ4n) is 1.11. The molecular formula is C10H7Br2F3O. The van der Waals surface area contributed by atoms with Crippen LogP contribution in [0.5, 0.6) is 0 Å². The molecule has 0 aliphatic carbocycles. The number of halogens is 5. The molecule has 16 heavy (non-hydrogen) atoms. The van der Waals surface area contributed by atoms with Gasteiger partial charge in [0.1, 0.15) is 0 Å². The van der Waals surface area contributed by atoms with Gasteiger partial charge in [0.15, 0.2) is 5.78 Å². The summed E-state index contributed by atoms with van der Waals surface area (Å²) >= 11 is 6.33. The van der Waals surface area contributed by atoms with Crippen LogP contribution in [0.15, 0.2) is 27.1 Å². The van der Waals surface area contributed by atoms with Crippen LogP contribution in [0.25, 0.3) is 0 Å². The van der Waals surface area contributed by atoms with E-state index in [0.717, 1.165) is 4.47 Å². The molecule has 0 unspecified atom stereocenters. The van der Waals surface area contributed by atoms with Crippen LogP contribution in [0, 0.1) is 0 Å². The summed E-state index contributed by atoms with van der Waals surface area (Å²) in [4.78, 5) is 11.5. The third-order valence-corrected chi connectivity index (χ3v) is 3.02. The Bertz CT molecular complexity index is 402. The van der Waals surface area contributed by atoms with Gasteiger partial charge in [-0.25, -0.2) is 0 Å². The molecule has 0 heterocycles. The van der Waals surface area contributed by atoms with Gasteiger partial charge in [0.2, 0.25) is 0 Å². The third kappa shape index (κ3) is 4.25. The maximum atomic E-state index is 11.9. The van der Waals surface area contributed by atoms with Crippen LogP contribution < -0.4 is 0 Å². The Morgan fingerprint density at radius 2 is 1.88 bits per heavy atom. The minimum atomic E-state index is -4.29. The first kappa shape index (κ1) is 13.7. The molecule has 1 aromatic rings. The molecule has 0 saturated carbocycles. The van der Waals surface area contributed by atoms with Crippen molar-refractivity contribution in [2.75, 3.05) is 0 Å². The zero-order valence-electron chi connectivity index (χ0n) is 7.94. The lowest BCUT2D eigenvalue weighted by atomic mass is 10.1. The zero-order valence-corrected chi connectivity index (χ0v) is 11.1. The molecule has 0 saturated heterocycles. The van der Waals surface area contributed by atoms with Gasteiger partial charge < -0.3 is 0 Å². The van der Waals surface area contributed by atoms with E-state index in [1.54, 1.807) is 12.1 Å². The van der Waals surface area contributed by atoms with Gasteiger partial charge in [-0.15, -0.1) is 0 Å². The maximum Gasteiger partial charge on any atom is 0.389 e. The van der Waals surface area contributed by atoms with Crippen LogP contribution in [-0.2, 0) is 0 Å². The van der Waals surface area contributed by atoms with Crippen molar-refractivity contribution in [1.29, 1.82) is 0 Å². The van der Waals surface area contributed by atoms with Crippen molar-refractivity contribution < 1.29 is 18.0 Å². The number of carbonyl (C=O) groups is 1. The van der Waals surface area contributed by atoms with Gasteiger partial charge in [0, 0.05) is 20.9 Å². The van der Waals surface area contributed by atoms with Gasteiger partial charge in [-0.1, -0.05) is 31.9 Å². The number of carbonyl (C=O) groups excluding carboxylic acids is 1. The van der Waals surface area contributed by atoms with Crippen molar-refractivity contribution in [2.45, 2.75) is 19.0 Å². The summed E-state index contributed by atoms with van der Waals surface area (Å²) < 4.78 is 37.0. The van der Waals surface area contributed by atoms with E-state index in [2.05, 4.69) is 31.9 Å². The predicted molar refractivity (Wildman–Crippen MR) is 61.5 cm³/mol. The number of hydrogen-bond acceptors (Lipinski definition) is 1. The largest absolute Gasteiger partial charge is 0.389 e. The van der Waals surface area contributed by atoms with Crippen LogP contribution in [-0.4, -0.2) is 12.0 Å². The summed E-state index contributed by atoms with van der Waals surface area (Å²) in [7, 11) is 0. The molecule has 0 spiro atoms. The highest BCUT2D eigenvalue weighted by atomic mass is 79.9. The molecule has 0 fully saturated rings. The second-order valence-corrected chi connectivity index (χ2v) is 4.93. The van der Waals surface area contributed by atoms with Crippen LogP contribution in [0.3, 0.4) is 0 Å². The van der Waals surface area contributed by atoms with Crippen molar-refractivity contribution in [3.05, 3.63) is 32.7 Å². The van der Waals surface area contributed by atoms with E-state index in [1.165, 1.54) is 6.07 Å². The van der Waals surface area contributed by atoms with Crippen LogP contribution in [0.1, 0.15) is 23.2 Å². The zero-order chi connectivity index (χ0) is 12.3. The summed E-state index contributed by atoms with van der Waals surface area (Å²) in [5.41, 5.74) is 0.271. The highest BCUT2D eigenvalue weighted by Crippen LogP contribution is 2.26. The minimum Gasteiger partial charge on any atom is -0.294 e. The van der Waals surface area contributed by atoms with E-state index >= 15 is 0 Å². The van der Waals surface area contributed by atoms with Crippen LogP contribution >= 0.6 is 31.9 Å². The Morgan fingerprint density at radius 1 is 1.25 bits per heavy atom. The van der Waals surface area contributed by atoms with E-state index in [4.69, 9.17) is 0 Å². The monoisotopic (exact) mass is 358 g/mol. The second kappa shape index (κ2) is 5.31. The number of ketones is 1. The first-order valence-electron chi connectivity index (χ1n) is 4.34. The molecule has 0 bridgehead atoms. The fraction of sp³-hybridized carbons (Fsp3) is 0.300. The maximum absolute atomic E-state index is 11.9. The predicted octanol–water partition coefficient (Wildman–Crippen LogP) is 4.74. The lowest BCUT2D eigenvalue weighted by molar-refractivity contribution is -0.133. The van der Waals surface area contributed by atoms with Crippen LogP contribution in [0.2, 0.25) is 0 Å². The molecule has 0 aliphatic rings. The molecule has 0 radical (unpaired) electrons. The Kier molecular flexibility index (Phi) is 4.55. The molecular weight excluding hydrogens is 353 g/mol. The molecule has 0 aromatic heterocycles. The fourth-order valence-corrected chi connectivity index (χ4v) is 2.37. The van der Waals surface area contributed by atoms with Gasteiger partial charge in [-0.2, -0.15) is 13.2 Å². The molecule has 6 heteroatoms. The van der Waals surface area contributed by atoms with Crippen LogP contribution in [0.4, 0.5) is 13.2 Å². The van der Waals surface area contributed by atoms with Gasteiger partial charge in [0.05, 0.1) is 6.42 Å². The molecule has 88 valence electrons. The van der Waals surface area contributed by atoms with E-state index in [1.807, 2.05) is 0 Å². The first-order valence-corrected chi connectivity index (χ1v) is 5.93. The number of benzene rings is 1. The minimum absolute atomic E-state index is 0.271. The summed E-state index contributed by atoms with van der Waals surface area (Å²) in [5.74, 6) is -0.517. The summed E-state index contributed by atoms with van der Waals surface area (Å²) in [6.07, 6.45) is -5.91. The summed E-state index contributed by atoms with van der Waals surface area (Å²) in [6, 6.07) is 4.74. The van der Waals surface area contributed by atoms with E-state index < -0.39 is 24.8 Å².